The van der Waals surface area contributed by atoms with E-state index < -0.39 is 21.1 Å². The molecule has 0 bridgehead atoms. The smallest absolute Gasteiger partial charge is 0.319 e. The van der Waals surface area contributed by atoms with Gasteiger partial charge in [0.2, 0.25) is 0 Å². The zero-order chi connectivity index (χ0) is 20.7. The number of ether oxygens (including phenoxy) is 1. The molecule has 3 rings (SSSR count). The van der Waals surface area contributed by atoms with Gasteiger partial charge in [-0.2, -0.15) is 0 Å². The number of nitrogens with one attached hydrogen (secondary N) is 2. The molecule has 0 unspecified atom stereocenters. The molecule has 0 aliphatic carbocycles. The molecule has 0 radical (unpaired) electrons. The fourth-order valence-corrected chi connectivity index (χ4v) is 4.43. The number of carbonyl (C=O) groups is 1. The first-order valence-corrected chi connectivity index (χ1v) is 10.4. The first-order chi connectivity index (χ1) is 14.0. The van der Waals surface area contributed by atoms with Crippen LogP contribution in [0.3, 0.4) is 0 Å². The molecule has 2 aromatic carbocycles. The van der Waals surface area contributed by atoms with Crippen LogP contribution in [0.2, 0.25) is 0 Å². The third-order valence-electron chi connectivity index (χ3n) is 4.30. The summed E-state index contributed by atoms with van der Waals surface area (Å²) >= 11 is 0. The molecular formula is C21H21N3O4S. The first-order valence-electron chi connectivity index (χ1n) is 8.88. The molecule has 0 saturated heterocycles. The third-order valence-corrected chi connectivity index (χ3v) is 6.42. The van der Waals surface area contributed by atoms with Gasteiger partial charge in [0.25, 0.3) is 0 Å². The van der Waals surface area contributed by atoms with Gasteiger partial charge in [0, 0.05) is 24.6 Å². The minimum absolute atomic E-state index is 0.112. The van der Waals surface area contributed by atoms with Gasteiger partial charge in [0.15, 0.2) is 9.84 Å². The Morgan fingerprint density at radius 3 is 2.38 bits per heavy atom. The standard InChI is InChI=1S/C21H21N3O4S/c1-28-18-9-11-19(12-10-18)29(26,27)20(16-6-5-13-22-14-16)15-23-21(25)24-17-7-3-2-4-8-17/h2-14,20H,15H2,1H3,(H2,23,24,25)/t20-/m0/s1. The zero-order valence-electron chi connectivity index (χ0n) is 15.8. The Balaban J connectivity index is 1.82. The van der Waals surface area contributed by atoms with E-state index >= 15 is 0 Å². The number of pyridine rings is 1. The maximum absolute atomic E-state index is 13.3. The Morgan fingerprint density at radius 2 is 1.76 bits per heavy atom. The van der Waals surface area contributed by atoms with Gasteiger partial charge in [-0.3, -0.25) is 4.98 Å². The summed E-state index contributed by atoms with van der Waals surface area (Å²) in [6.07, 6.45) is 3.05. The van der Waals surface area contributed by atoms with E-state index in [1.54, 1.807) is 54.7 Å². The summed E-state index contributed by atoms with van der Waals surface area (Å²) in [5.74, 6) is 0.558. The second-order valence-corrected chi connectivity index (χ2v) is 8.33. The van der Waals surface area contributed by atoms with Crippen LogP contribution in [0.25, 0.3) is 0 Å². The SMILES string of the molecule is COc1ccc(S(=O)(=O)[C@@H](CNC(=O)Nc2ccccc2)c2cccnc2)cc1. The summed E-state index contributed by atoms with van der Waals surface area (Å²) in [5, 5.41) is 4.33. The summed E-state index contributed by atoms with van der Waals surface area (Å²) in [4.78, 5) is 16.4. The molecule has 0 spiro atoms. The zero-order valence-corrected chi connectivity index (χ0v) is 16.6. The Morgan fingerprint density at radius 1 is 1.03 bits per heavy atom. The van der Waals surface area contributed by atoms with Crippen molar-refractivity contribution in [2.45, 2.75) is 10.1 Å². The van der Waals surface area contributed by atoms with Crippen molar-refractivity contribution in [2.24, 2.45) is 0 Å². The number of nitrogens with zero attached hydrogens (tertiary/aromatic N) is 1. The lowest BCUT2D eigenvalue weighted by molar-refractivity contribution is 0.252. The molecule has 1 heterocycles. The lowest BCUT2D eigenvalue weighted by atomic mass is 10.2. The van der Waals surface area contributed by atoms with E-state index in [1.807, 2.05) is 6.07 Å². The molecule has 7 nitrogen and oxygen atoms in total. The molecular weight excluding hydrogens is 390 g/mol. The van der Waals surface area contributed by atoms with Crippen molar-refractivity contribution in [2.75, 3.05) is 19.0 Å². The van der Waals surface area contributed by atoms with Crippen LogP contribution in [0.15, 0.2) is 84.0 Å². The molecule has 1 aromatic heterocycles. The maximum atomic E-state index is 13.3. The number of methoxy groups -OCH3 is 1. The van der Waals surface area contributed by atoms with Gasteiger partial charge in [0.1, 0.15) is 11.0 Å². The second kappa shape index (κ2) is 9.20. The van der Waals surface area contributed by atoms with Gasteiger partial charge in [0.05, 0.1) is 12.0 Å². The number of hydrogen-bond acceptors (Lipinski definition) is 5. The highest BCUT2D eigenvalue weighted by Crippen LogP contribution is 2.29. The average Bonchev–Trinajstić information content (AvgIpc) is 2.75. The van der Waals surface area contributed by atoms with E-state index in [-0.39, 0.29) is 11.4 Å². The molecule has 2 amide bonds. The highest BCUT2D eigenvalue weighted by molar-refractivity contribution is 7.91. The van der Waals surface area contributed by atoms with Crippen molar-refractivity contribution in [1.82, 2.24) is 10.3 Å². The van der Waals surface area contributed by atoms with E-state index in [4.69, 9.17) is 4.74 Å². The number of benzene rings is 2. The molecule has 8 heteroatoms. The number of urea groups is 1. The normalized spacial score (nSPS) is 12.0. The molecule has 0 saturated carbocycles. The van der Waals surface area contributed by atoms with Crippen LogP contribution in [0.5, 0.6) is 5.75 Å². The van der Waals surface area contributed by atoms with Gasteiger partial charge in [-0.25, -0.2) is 13.2 Å². The van der Waals surface area contributed by atoms with E-state index in [2.05, 4.69) is 15.6 Å². The molecule has 2 N–H and O–H groups in total. The van der Waals surface area contributed by atoms with Crippen LogP contribution in [0.1, 0.15) is 10.8 Å². The summed E-state index contributed by atoms with van der Waals surface area (Å²) < 4.78 is 31.6. The van der Waals surface area contributed by atoms with E-state index in [0.717, 1.165) is 0 Å². The Bertz CT molecular complexity index is 1040. The van der Waals surface area contributed by atoms with E-state index in [0.29, 0.717) is 17.0 Å². The number of sulfone groups is 1. The lowest BCUT2D eigenvalue weighted by Crippen LogP contribution is -2.35. The third kappa shape index (κ3) is 5.11. The highest BCUT2D eigenvalue weighted by Gasteiger charge is 2.30. The number of hydrogen-bond donors (Lipinski definition) is 2. The van der Waals surface area contributed by atoms with Crippen LogP contribution < -0.4 is 15.4 Å². The van der Waals surface area contributed by atoms with Gasteiger partial charge in [-0.15, -0.1) is 0 Å². The van der Waals surface area contributed by atoms with E-state index in [1.165, 1.54) is 25.4 Å². The van der Waals surface area contributed by atoms with Crippen LogP contribution >= 0.6 is 0 Å². The minimum Gasteiger partial charge on any atom is -0.497 e. The predicted molar refractivity (Wildman–Crippen MR) is 111 cm³/mol. The van der Waals surface area contributed by atoms with Gasteiger partial charge < -0.3 is 15.4 Å². The second-order valence-electron chi connectivity index (χ2n) is 6.20. The molecule has 0 aliphatic heterocycles. The summed E-state index contributed by atoms with van der Waals surface area (Å²) in [7, 11) is -2.27. The van der Waals surface area contributed by atoms with Crippen LogP contribution in [-0.4, -0.2) is 33.1 Å². The monoisotopic (exact) mass is 411 g/mol. The topological polar surface area (TPSA) is 97.4 Å². The van der Waals surface area contributed by atoms with Crippen molar-refractivity contribution >= 4 is 21.6 Å². The average molecular weight is 411 g/mol. The Labute approximate surface area is 169 Å². The summed E-state index contributed by atoms with van der Waals surface area (Å²) in [6.45, 7) is -0.112. The fraction of sp³-hybridized carbons (Fsp3) is 0.143. The molecule has 1 atom stereocenters. The number of carbonyl (C=O) groups excluding carboxylic acids is 1. The number of amides is 2. The molecule has 29 heavy (non-hydrogen) atoms. The van der Waals surface area contributed by atoms with E-state index in [9.17, 15) is 13.2 Å². The highest BCUT2D eigenvalue weighted by atomic mass is 32.2. The number of para-hydroxylation sites is 1. The largest absolute Gasteiger partial charge is 0.497 e. The van der Waals surface area contributed by atoms with Crippen molar-refractivity contribution in [3.8, 4) is 5.75 Å². The Kier molecular flexibility index (Phi) is 6.46. The fourth-order valence-electron chi connectivity index (χ4n) is 2.78. The van der Waals surface area contributed by atoms with Gasteiger partial charge in [-0.1, -0.05) is 24.3 Å². The summed E-state index contributed by atoms with van der Waals surface area (Å²) in [5.41, 5.74) is 1.10. The number of aromatic nitrogens is 1. The van der Waals surface area contributed by atoms with Gasteiger partial charge >= 0.3 is 6.03 Å². The summed E-state index contributed by atoms with van der Waals surface area (Å²) in [6, 6.07) is 17.9. The van der Waals surface area contributed by atoms with Crippen LogP contribution in [0, 0.1) is 0 Å². The minimum atomic E-state index is -3.79. The molecule has 150 valence electrons. The van der Waals surface area contributed by atoms with Crippen molar-refractivity contribution in [3.05, 3.63) is 84.7 Å². The van der Waals surface area contributed by atoms with Crippen molar-refractivity contribution in [3.63, 3.8) is 0 Å². The number of rotatable bonds is 7. The maximum Gasteiger partial charge on any atom is 0.319 e. The van der Waals surface area contributed by atoms with Crippen molar-refractivity contribution in [1.29, 1.82) is 0 Å². The predicted octanol–water partition coefficient (Wildman–Crippen LogP) is 3.43. The lowest BCUT2D eigenvalue weighted by Gasteiger charge is -2.19. The first kappa shape index (κ1) is 20.3. The number of anilines is 1. The molecule has 3 aromatic rings. The quantitative estimate of drug-likeness (QED) is 0.621. The van der Waals surface area contributed by atoms with Gasteiger partial charge in [-0.05, 0) is 48.0 Å². The molecule has 0 fully saturated rings. The van der Waals surface area contributed by atoms with Crippen molar-refractivity contribution < 1.29 is 17.9 Å². The van der Waals surface area contributed by atoms with Crippen LogP contribution in [0.4, 0.5) is 10.5 Å². The molecule has 0 aliphatic rings. The Hall–Kier alpha value is -3.39. The van der Waals surface area contributed by atoms with Crippen LogP contribution in [-0.2, 0) is 9.84 Å².